The highest BCUT2D eigenvalue weighted by molar-refractivity contribution is 5.56. The van der Waals surface area contributed by atoms with Gasteiger partial charge >= 0.3 is 47.8 Å². The number of ether oxygens (including phenoxy) is 1. The van der Waals surface area contributed by atoms with Crippen LogP contribution in [0.5, 0.6) is 5.75 Å². The summed E-state index contributed by atoms with van der Waals surface area (Å²) in [5.74, 6) is -52.1. The normalized spacial score (nSPS) is 14.5. The van der Waals surface area contributed by atoms with Crippen LogP contribution in [0, 0.1) is 0 Å². The maximum atomic E-state index is 14.1. The Morgan fingerprint density at radius 1 is 0.522 bits per heavy atom. The van der Waals surface area contributed by atoms with Gasteiger partial charge in [0.2, 0.25) is 0 Å². The van der Waals surface area contributed by atoms with Crippen molar-refractivity contribution in [3.05, 3.63) is 42.2 Å². The zero-order chi connectivity index (χ0) is 35.6. The van der Waals surface area contributed by atoms with Gasteiger partial charge in [-0.15, -0.1) is 0 Å². The molecule has 0 saturated heterocycles. The van der Waals surface area contributed by atoms with Gasteiger partial charge in [-0.25, -0.2) is 9.97 Å². The van der Waals surface area contributed by atoms with Gasteiger partial charge < -0.3 is 4.74 Å². The van der Waals surface area contributed by atoms with Crippen LogP contribution < -0.4 is 4.74 Å². The minimum absolute atomic E-state index is 0.0297. The summed E-state index contributed by atoms with van der Waals surface area (Å²) in [5.41, 5.74) is 0.683. The van der Waals surface area contributed by atoms with Gasteiger partial charge in [0, 0.05) is 18.0 Å². The molecule has 2 rings (SSSR count). The lowest BCUT2D eigenvalue weighted by molar-refractivity contribution is -0.471. The van der Waals surface area contributed by atoms with Crippen LogP contribution in [0.2, 0.25) is 0 Å². The van der Waals surface area contributed by atoms with Gasteiger partial charge in [-0.1, -0.05) is 39.0 Å². The number of rotatable bonds is 16. The van der Waals surface area contributed by atoms with Gasteiger partial charge in [0.05, 0.1) is 0 Å². The van der Waals surface area contributed by atoms with Crippen molar-refractivity contribution in [2.24, 2.45) is 0 Å². The smallest absolute Gasteiger partial charge is 0.428 e. The lowest BCUT2D eigenvalue weighted by Gasteiger charge is -2.42. The van der Waals surface area contributed by atoms with E-state index in [0.29, 0.717) is 24.1 Å². The zero-order valence-corrected chi connectivity index (χ0v) is 23.1. The Morgan fingerprint density at radius 2 is 0.935 bits per heavy atom. The third-order valence-electron chi connectivity index (χ3n) is 6.58. The Kier molecular flexibility index (Phi) is 11.2. The molecule has 46 heavy (non-hydrogen) atoms. The van der Waals surface area contributed by atoms with Crippen molar-refractivity contribution in [3.8, 4) is 17.1 Å². The molecule has 0 aliphatic carbocycles. The fraction of sp³-hybridized carbons (Fsp3) is 0.615. The summed E-state index contributed by atoms with van der Waals surface area (Å²) in [6.45, 7) is 2.06. The third kappa shape index (κ3) is 6.94. The van der Waals surface area contributed by atoms with E-state index in [1.165, 1.54) is 12.4 Å². The van der Waals surface area contributed by atoms with Crippen LogP contribution >= 0.6 is 0 Å². The molecule has 0 radical (unpaired) electrons. The summed E-state index contributed by atoms with van der Waals surface area (Å²) in [6, 6.07) is 2.23. The van der Waals surface area contributed by atoms with Crippen molar-refractivity contribution in [2.75, 3.05) is 0 Å². The second-order valence-corrected chi connectivity index (χ2v) is 10.0. The van der Waals surface area contributed by atoms with Crippen LogP contribution in [0.4, 0.5) is 74.6 Å². The highest BCUT2D eigenvalue weighted by atomic mass is 19.4. The maximum absolute atomic E-state index is 14.1. The van der Waals surface area contributed by atoms with E-state index in [2.05, 4.69) is 21.6 Å². The summed E-state index contributed by atoms with van der Waals surface area (Å²) in [5, 5.41) is 0. The van der Waals surface area contributed by atoms with Crippen LogP contribution in [-0.4, -0.2) is 57.8 Å². The number of hydrogen-bond acceptors (Lipinski definition) is 3. The molecule has 0 fully saturated rings. The number of halogens is 17. The maximum Gasteiger partial charge on any atom is 0.471 e. The Hall–Kier alpha value is -3.09. The molecule has 0 saturated carbocycles. The van der Waals surface area contributed by atoms with E-state index in [1.807, 2.05) is 0 Å². The van der Waals surface area contributed by atoms with E-state index in [9.17, 15) is 74.6 Å². The largest absolute Gasteiger partial charge is 0.471 e. The van der Waals surface area contributed by atoms with Crippen molar-refractivity contribution in [1.82, 2.24) is 9.97 Å². The standard InChI is InChI=1S/C26H23F17N2O/c1-2-3-4-5-6-7-8-15-13-44-18(45-14-15)16-9-11-17(12-10-16)46-26(42,43)24(37,38)22(33,34)20(29,30)19(27,28)21(31,32)23(35,36)25(39,40)41/h9-14H,2-8H2,1H3. The van der Waals surface area contributed by atoms with Gasteiger partial charge in [0.1, 0.15) is 5.75 Å². The fourth-order valence-electron chi connectivity index (χ4n) is 3.78. The molecular weight excluding hydrogens is 679 g/mol. The predicted molar refractivity (Wildman–Crippen MR) is 126 cm³/mol. The molecule has 2 aromatic rings. The molecule has 0 atom stereocenters. The Morgan fingerprint density at radius 3 is 1.39 bits per heavy atom. The topological polar surface area (TPSA) is 35.0 Å². The summed E-state index contributed by atoms with van der Waals surface area (Å²) < 4.78 is 231. The van der Waals surface area contributed by atoms with Crippen LogP contribution in [0.25, 0.3) is 11.4 Å². The first-order chi connectivity index (χ1) is 20.7. The van der Waals surface area contributed by atoms with Crippen LogP contribution in [0.3, 0.4) is 0 Å². The summed E-state index contributed by atoms with van der Waals surface area (Å²) in [4.78, 5) is 7.99. The van der Waals surface area contributed by atoms with Gasteiger partial charge in [-0.2, -0.15) is 74.6 Å². The summed E-state index contributed by atoms with van der Waals surface area (Å²) in [6.07, 6.45) is -5.35. The molecular formula is C26H23F17N2O. The van der Waals surface area contributed by atoms with Crippen molar-refractivity contribution < 1.29 is 79.4 Å². The molecule has 20 heteroatoms. The lowest BCUT2D eigenvalue weighted by Crippen LogP contribution is -2.74. The van der Waals surface area contributed by atoms with Crippen LogP contribution in [0.1, 0.15) is 51.0 Å². The fourth-order valence-corrected chi connectivity index (χ4v) is 3.78. The molecule has 0 aliphatic rings. The van der Waals surface area contributed by atoms with Crippen LogP contribution in [-0.2, 0) is 6.42 Å². The molecule has 1 heterocycles. The second kappa shape index (κ2) is 13.2. The minimum Gasteiger partial charge on any atom is -0.428 e. The molecule has 0 amide bonds. The molecule has 0 aliphatic heterocycles. The van der Waals surface area contributed by atoms with E-state index in [0.717, 1.165) is 50.7 Å². The average Bonchev–Trinajstić information content (AvgIpc) is 2.94. The number of alkyl halides is 17. The molecule has 262 valence electrons. The van der Waals surface area contributed by atoms with E-state index < -0.39 is 53.6 Å². The predicted octanol–water partition coefficient (Wildman–Crippen LogP) is 10.4. The quantitative estimate of drug-likeness (QED) is 0.129. The Balaban J connectivity index is 2.25. The zero-order valence-electron chi connectivity index (χ0n) is 23.1. The number of nitrogens with zero attached hydrogens (tertiary/aromatic N) is 2. The number of aryl methyl sites for hydroxylation is 1. The average molecular weight is 702 g/mol. The summed E-state index contributed by atoms with van der Waals surface area (Å²) >= 11 is 0. The van der Waals surface area contributed by atoms with Crippen molar-refractivity contribution in [2.45, 2.75) is 99.7 Å². The highest BCUT2D eigenvalue weighted by Crippen LogP contribution is 2.64. The minimum atomic E-state index is -8.70. The molecule has 0 bridgehead atoms. The molecule has 1 aromatic carbocycles. The number of unbranched alkanes of at least 4 members (excludes halogenated alkanes) is 5. The van der Waals surface area contributed by atoms with Crippen molar-refractivity contribution >= 4 is 0 Å². The second-order valence-electron chi connectivity index (χ2n) is 10.0. The van der Waals surface area contributed by atoms with Gasteiger partial charge in [0.15, 0.2) is 5.82 Å². The third-order valence-corrected chi connectivity index (χ3v) is 6.58. The Bertz CT molecular complexity index is 1280. The first kappa shape index (κ1) is 39.1. The van der Waals surface area contributed by atoms with E-state index >= 15 is 0 Å². The number of aromatic nitrogens is 2. The van der Waals surface area contributed by atoms with E-state index in [-0.39, 0.29) is 11.4 Å². The molecule has 1 aromatic heterocycles. The molecule has 0 unspecified atom stereocenters. The first-order valence-electron chi connectivity index (χ1n) is 13.0. The van der Waals surface area contributed by atoms with Crippen molar-refractivity contribution in [1.29, 1.82) is 0 Å². The lowest BCUT2D eigenvalue weighted by atomic mass is 9.90. The first-order valence-corrected chi connectivity index (χ1v) is 13.0. The van der Waals surface area contributed by atoms with Crippen molar-refractivity contribution in [3.63, 3.8) is 0 Å². The monoisotopic (exact) mass is 702 g/mol. The van der Waals surface area contributed by atoms with E-state index in [4.69, 9.17) is 0 Å². The van der Waals surface area contributed by atoms with Crippen LogP contribution in [0.15, 0.2) is 36.7 Å². The SMILES string of the molecule is CCCCCCCCc1cnc(-c2ccc(OC(F)(F)C(F)(F)C(F)(F)C(F)(F)C(F)(F)C(F)(F)C(F)(F)C(F)(F)F)cc2)nc1. The van der Waals surface area contributed by atoms with E-state index in [1.54, 1.807) is 0 Å². The highest BCUT2D eigenvalue weighted by Gasteiger charge is 2.95. The van der Waals surface area contributed by atoms with Gasteiger partial charge in [-0.3, -0.25) is 0 Å². The van der Waals surface area contributed by atoms with Gasteiger partial charge in [0.25, 0.3) is 0 Å². The molecule has 3 nitrogen and oxygen atoms in total. The summed E-state index contributed by atoms with van der Waals surface area (Å²) in [7, 11) is 0. The molecule has 0 spiro atoms. The Labute approximate surface area is 249 Å². The number of hydrogen-bond donors (Lipinski definition) is 0. The number of benzene rings is 1. The molecule has 0 N–H and O–H groups in total. The van der Waals surface area contributed by atoms with Gasteiger partial charge in [-0.05, 0) is 42.7 Å².